The Kier molecular flexibility index (Phi) is 4.43. The highest BCUT2D eigenvalue weighted by atomic mass is 32.2. The molecule has 7 nitrogen and oxygen atoms in total. The van der Waals surface area contributed by atoms with Gasteiger partial charge in [0.2, 0.25) is 0 Å². The van der Waals surface area contributed by atoms with Crippen molar-refractivity contribution in [3.8, 4) is 5.69 Å². The first-order valence-corrected chi connectivity index (χ1v) is 9.14. The molecule has 0 fully saturated rings. The van der Waals surface area contributed by atoms with Crippen LogP contribution in [0.15, 0.2) is 47.8 Å². The number of sulfone groups is 1. The lowest BCUT2D eigenvalue weighted by molar-refractivity contribution is 0.480. The molecule has 0 aliphatic heterocycles. The zero-order chi connectivity index (χ0) is 17.2. The molecule has 0 N–H and O–H groups in total. The van der Waals surface area contributed by atoms with E-state index in [0.29, 0.717) is 23.8 Å². The molecule has 0 saturated carbocycles. The van der Waals surface area contributed by atoms with Gasteiger partial charge in [0.25, 0.3) is 0 Å². The largest absolute Gasteiger partial charge is 0.329 e. The summed E-state index contributed by atoms with van der Waals surface area (Å²) in [6.45, 7) is -0.0525. The number of hydrogen-bond acceptors (Lipinski definition) is 5. The van der Waals surface area contributed by atoms with Crippen LogP contribution in [0.1, 0.15) is 11.5 Å². The number of aryl methyl sites for hydroxylation is 1. The van der Waals surface area contributed by atoms with E-state index in [1.807, 2.05) is 0 Å². The normalized spacial score (nSPS) is 11.8. The molecule has 0 bridgehead atoms. The van der Waals surface area contributed by atoms with Gasteiger partial charge in [-0.1, -0.05) is 11.3 Å². The Morgan fingerprint density at radius 3 is 2.88 bits per heavy atom. The van der Waals surface area contributed by atoms with Crippen molar-refractivity contribution in [3.05, 3.63) is 54.4 Å². The molecule has 126 valence electrons. The van der Waals surface area contributed by atoms with Crippen molar-refractivity contribution >= 4 is 9.84 Å². The second-order valence-electron chi connectivity index (χ2n) is 5.33. The van der Waals surface area contributed by atoms with Crippen LogP contribution in [-0.2, 0) is 22.8 Å². The summed E-state index contributed by atoms with van der Waals surface area (Å²) >= 11 is 0. The molecule has 0 spiro atoms. The maximum atomic E-state index is 12.5. The molecule has 0 atom stereocenters. The Bertz CT molecular complexity index is 948. The van der Waals surface area contributed by atoms with Crippen molar-refractivity contribution in [1.29, 1.82) is 0 Å². The predicted octanol–water partition coefficient (Wildman–Crippen LogP) is 1.43. The van der Waals surface area contributed by atoms with E-state index < -0.39 is 16.5 Å². The van der Waals surface area contributed by atoms with Crippen molar-refractivity contribution in [3.63, 3.8) is 0 Å². The van der Waals surface area contributed by atoms with Crippen LogP contribution in [0.25, 0.3) is 5.69 Å². The maximum Gasteiger partial charge on any atom is 0.175 e. The van der Waals surface area contributed by atoms with Crippen LogP contribution in [0.3, 0.4) is 0 Å². The third-order valence-corrected chi connectivity index (χ3v) is 4.61. The molecule has 3 rings (SSSR count). The number of aromatic nitrogens is 5. The molecular weight excluding hydrogens is 333 g/mol. The number of alkyl halides is 1. The van der Waals surface area contributed by atoms with Crippen molar-refractivity contribution in [2.45, 2.75) is 17.9 Å². The van der Waals surface area contributed by atoms with Gasteiger partial charge >= 0.3 is 0 Å². The van der Waals surface area contributed by atoms with Crippen LogP contribution in [0.2, 0.25) is 0 Å². The summed E-state index contributed by atoms with van der Waals surface area (Å²) in [7, 11) is -3.29. The SMILES string of the molecule is CS(=O)(=O)c1cccc(-n2cc(Cn3ccnc3CCF)nn2)c1. The van der Waals surface area contributed by atoms with Crippen LogP contribution in [0.5, 0.6) is 0 Å². The van der Waals surface area contributed by atoms with Gasteiger partial charge in [-0.2, -0.15) is 0 Å². The molecule has 0 aliphatic rings. The first-order chi connectivity index (χ1) is 11.5. The number of imidazole rings is 1. The fourth-order valence-electron chi connectivity index (χ4n) is 2.32. The third kappa shape index (κ3) is 3.51. The molecule has 0 radical (unpaired) electrons. The van der Waals surface area contributed by atoms with Crippen LogP contribution in [-0.4, -0.2) is 45.9 Å². The first-order valence-electron chi connectivity index (χ1n) is 7.25. The van der Waals surface area contributed by atoms with E-state index in [0.717, 1.165) is 6.26 Å². The van der Waals surface area contributed by atoms with Crippen molar-refractivity contribution < 1.29 is 12.8 Å². The lowest BCUT2D eigenvalue weighted by Gasteiger charge is -2.04. The van der Waals surface area contributed by atoms with Crippen LogP contribution in [0.4, 0.5) is 4.39 Å². The number of benzene rings is 1. The molecule has 0 unspecified atom stereocenters. The number of nitrogens with zero attached hydrogens (tertiary/aromatic N) is 5. The quantitative estimate of drug-likeness (QED) is 0.672. The van der Waals surface area contributed by atoms with E-state index in [1.165, 1.54) is 10.7 Å². The predicted molar refractivity (Wildman–Crippen MR) is 85.5 cm³/mol. The van der Waals surface area contributed by atoms with Gasteiger partial charge in [0.1, 0.15) is 11.5 Å². The average Bonchev–Trinajstić information content (AvgIpc) is 3.18. The highest BCUT2D eigenvalue weighted by Gasteiger charge is 2.10. The molecule has 9 heteroatoms. The Hall–Kier alpha value is -2.55. The van der Waals surface area contributed by atoms with Gasteiger partial charge in [0.15, 0.2) is 9.84 Å². The number of halogens is 1. The Labute approximate surface area is 138 Å². The number of rotatable bonds is 6. The molecule has 3 aromatic rings. The minimum absolute atomic E-state index is 0.219. The topological polar surface area (TPSA) is 82.7 Å². The van der Waals surface area contributed by atoms with E-state index in [4.69, 9.17) is 0 Å². The van der Waals surface area contributed by atoms with Crippen LogP contribution < -0.4 is 0 Å². The zero-order valence-electron chi connectivity index (χ0n) is 13.0. The fraction of sp³-hybridized carbons (Fsp3) is 0.267. The van der Waals surface area contributed by atoms with Gasteiger partial charge in [-0.3, -0.25) is 4.39 Å². The summed E-state index contributed by atoms with van der Waals surface area (Å²) in [5.74, 6) is 0.645. The minimum Gasteiger partial charge on any atom is -0.329 e. The molecule has 24 heavy (non-hydrogen) atoms. The standard InChI is InChI=1S/C15H16FN5O2S/c1-24(22,23)14-4-2-3-13(9-14)21-11-12(18-19-21)10-20-8-7-17-15(20)5-6-16/h2-4,7-9,11H,5-6,10H2,1H3. The fourth-order valence-corrected chi connectivity index (χ4v) is 2.99. The summed E-state index contributed by atoms with van der Waals surface area (Å²) < 4.78 is 39.1. The van der Waals surface area contributed by atoms with Crippen molar-refractivity contribution in [1.82, 2.24) is 24.5 Å². The minimum atomic E-state index is -3.29. The lowest BCUT2D eigenvalue weighted by atomic mass is 10.3. The van der Waals surface area contributed by atoms with Gasteiger partial charge in [-0.05, 0) is 18.2 Å². The Morgan fingerprint density at radius 2 is 2.12 bits per heavy atom. The van der Waals surface area contributed by atoms with Crippen molar-refractivity contribution in [2.75, 3.05) is 12.9 Å². The first kappa shape index (κ1) is 16.3. The van der Waals surface area contributed by atoms with Gasteiger partial charge in [0, 0.05) is 25.1 Å². The van der Waals surface area contributed by atoms with Crippen molar-refractivity contribution in [2.24, 2.45) is 0 Å². The molecule has 0 aliphatic carbocycles. The molecule has 2 heterocycles. The number of hydrogen-bond donors (Lipinski definition) is 0. The zero-order valence-corrected chi connectivity index (χ0v) is 13.8. The summed E-state index contributed by atoms with van der Waals surface area (Å²) in [5, 5.41) is 8.11. The van der Waals surface area contributed by atoms with Crippen LogP contribution >= 0.6 is 0 Å². The average molecular weight is 349 g/mol. The van der Waals surface area contributed by atoms with E-state index in [2.05, 4.69) is 15.3 Å². The third-order valence-electron chi connectivity index (χ3n) is 3.50. The van der Waals surface area contributed by atoms with Gasteiger partial charge in [0.05, 0.1) is 30.0 Å². The summed E-state index contributed by atoms with van der Waals surface area (Å²) in [6.07, 6.45) is 6.49. The maximum absolute atomic E-state index is 12.5. The van der Waals surface area contributed by atoms with E-state index in [1.54, 1.807) is 41.4 Å². The van der Waals surface area contributed by atoms with Gasteiger partial charge in [-0.25, -0.2) is 18.1 Å². The summed E-state index contributed by atoms with van der Waals surface area (Å²) in [6, 6.07) is 6.48. The molecular formula is C15H16FN5O2S. The Morgan fingerprint density at radius 1 is 1.29 bits per heavy atom. The summed E-state index contributed by atoms with van der Waals surface area (Å²) in [5.41, 5.74) is 1.27. The lowest BCUT2D eigenvalue weighted by Crippen LogP contribution is -2.05. The monoisotopic (exact) mass is 349 g/mol. The van der Waals surface area contributed by atoms with E-state index in [9.17, 15) is 12.8 Å². The highest BCUT2D eigenvalue weighted by Crippen LogP contribution is 2.15. The van der Waals surface area contributed by atoms with Gasteiger partial charge < -0.3 is 4.57 Å². The molecule has 2 aromatic heterocycles. The van der Waals surface area contributed by atoms with Crippen LogP contribution in [0, 0.1) is 0 Å². The van der Waals surface area contributed by atoms with E-state index in [-0.39, 0.29) is 11.3 Å². The summed E-state index contributed by atoms with van der Waals surface area (Å²) in [4.78, 5) is 4.33. The Balaban J connectivity index is 1.85. The molecule has 0 saturated heterocycles. The second-order valence-corrected chi connectivity index (χ2v) is 7.35. The molecule has 0 amide bonds. The second kappa shape index (κ2) is 6.52. The van der Waals surface area contributed by atoms with E-state index >= 15 is 0 Å². The smallest absolute Gasteiger partial charge is 0.175 e. The van der Waals surface area contributed by atoms with Gasteiger partial charge in [-0.15, -0.1) is 5.10 Å². The molecule has 1 aromatic carbocycles. The highest BCUT2D eigenvalue weighted by molar-refractivity contribution is 7.90.